The molecule has 8 rings (SSSR count). The lowest BCUT2D eigenvalue weighted by Gasteiger charge is -2.62. The molecule has 0 heterocycles. The molecule has 4 aliphatic rings. The van der Waals surface area contributed by atoms with Gasteiger partial charge in [0.15, 0.2) is 6.17 Å². The Morgan fingerprint density at radius 1 is 0.594 bits per heavy atom. The van der Waals surface area contributed by atoms with E-state index in [1.165, 1.54) is 44.5 Å². The molecule has 0 N–H and O–H groups in total. The smallest absolute Gasteiger partial charge is 0.312 e. The largest absolute Gasteiger partial charge is 0.861 e. The van der Waals surface area contributed by atoms with Crippen LogP contribution >= 0.6 is 0 Å². The van der Waals surface area contributed by atoms with Crippen molar-refractivity contribution in [3.05, 3.63) is 142 Å². The topological polar surface area (TPSA) is 95.9 Å². The molecule has 69 heavy (non-hydrogen) atoms. The minimum atomic E-state index is -3.87. The van der Waals surface area contributed by atoms with Gasteiger partial charge in [0.1, 0.15) is 6.61 Å². The monoisotopic (exact) mass is 971 g/mol. The second kappa shape index (κ2) is 20.7. The van der Waals surface area contributed by atoms with E-state index in [2.05, 4.69) is 185 Å². The number of carbonyl (C=O) groups excluding carboxylic acids is 1. The van der Waals surface area contributed by atoms with Gasteiger partial charge >= 0.3 is 5.97 Å². The summed E-state index contributed by atoms with van der Waals surface area (Å²) in [6.07, 6.45) is 2.93. The predicted octanol–water partition coefficient (Wildman–Crippen LogP) is 13.6. The van der Waals surface area contributed by atoms with Crippen molar-refractivity contribution in [2.24, 2.45) is 27.1 Å². The minimum absolute atomic E-state index is 0.0336. The molecular weight excluding hydrogens is 892 g/mol. The Bertz CT molecular complexity index is 2240. The normalized spacial score (nSPS) is 22.2. The van der Waals surface area contributed by atoms with Gasteiger partial charge < -0.3 is 9.84 Å². The summed E-state index contributed by atoms with van der Waals surface area (Å²) < 4.78 is 70.5. The Morgan fingerprint density at radius 2 is 0.884 bits per heavy atom. The molecule has 4 fully saturated rings. The molecule has 0 saturated heterocycles. The van der Waals surface area contributed by atoms with Crippen molar-refractivity contribution in [3.8, 4) is 0 Å². The second-order valence-electron chi connectivity index (χ2n) is 24.8. The van der Waals surface area contributed by atoms with Gasteiger partial charge in [-0.3, -0.25) is 4.79 Å². The number of nitrogens with zero attached hydrogens (tertiary/aromatic N) is 1. The summed E-state index contributed by atoms with van der Waals surface area (Å²) in [5.41, 5.74) is 9.92. The summed E-state index contributed by atoms with van der Waals surface area (Å²) in [5.74, 6) is -5.08. The van der Waals surface area contributed by atoms with Crippen LogP contribution in [-0.4, -0.2) is 45.2 Å². The van der Waals surface area contributed by atoms with Crippen molar-refractivity contribution in [3.63, 3.8) is 0 Å². The molecule has 4 bridgehead atoms. The van der Waals surface area contributed by atoms with Gasteiger partial charge in [0.2, 0.25) is 10.0 Å². The highest BCUT2D eigenvalue weighted by Crippen LogP contribution is 2.65. The van der Waals surface area contributed by atoms with Gasteiger partial charge in [-0.15, -0.1) is 0 Å². The van der Waals surface area contributed by atoms with Gasteiger partial charge in [-0.05, 0) is 135 Å². The van der Waals surface area contributed by atoms with Crippen molar-refractivity contribution in [2.75, 3.05) is 12.9 Å². The second-order valence-corrected chi connectivity index (χ2v) is 26.5. The van der Waals surface area contributed by atoms with E-state index in [1.54, 1.807) is 0 Å². The molecule has 3 atom stereocenters. The Balaban J connectivity index is 0.000000196. The fraction of sp³-hybridized carbons (Fsp3) is 0.559. The van der Waals surface area contributed by atoms with E-state index < -0.39 is 51.4 Å². The van der Waals surface area contributed by atoms with E-state index in [1.807, 2.05) is 0 Å². The molecule has 378 valence electrons. The summed E-state index contributed by atoms with van der Waals surface area (Å²) in [5, 5.41) is 12.6. The zero-order valence-electron chi connectivity index (χ0n) is 43.9. The molecule has 4 saturated carbocycles. The van der Waals surface area contributed by atoms with Crippen LogP contribution in [0, 0.1) is 22.7 Å². The van der Waals surface area contributed by atoms with Crippen LogP contribution < -0.4 is 5.11 Å². The fourth-order valence-corrected chi connectivity index (χ4v) is 10.9. The highest BCUT2D eigenvalue weighted by atomic mass is 32.2. The maximum atomic E-state index is 13.5. The van der Waals surface area contributed by atoms with Crippen LogP contribution in [0.2, 0.25) is 0 Å². The van der Waals surface area contributed by atoms with Crippen LogP contribution in [0.15, 0.2) is 101 Å². The highest BCUT2D eigenvalue weighted by molar-refractivity contribution is 7.89. The maximum absolute atomic E-state index is 13.5. The first kappa shape index (κ1) is 55.5. The van der Waals surface area contributed by atoms with Crippen molar-refractivity contribution in [2.45, 2.75) is 175 Å². The number of alkyl halides is 3. The van der Waals surface area contributed by atoms with Gasteiger partial charge in [-0.2, -0.15) is 4.40 Å². The number of halogens is 3. The summed E-state index contributed by atoms with van der Waals surface area (Å²) in [7, 11) is -3.87. The van der Waals surface area contributed by atoms with E-state index in [9.17, 15) is 31.5 Å². The lowest BCUT2D eigenvalue weighted by Crippen LogP contribution is -2.60. The lowest BCUT2D eigenvalue weighted by atomic mass is 9.44. The molecule has 0 radical (unpaired) electrons. The number of rotatable bonds is 10. The third-order valence-corrected chi connectivity index (χ3v) is 14.7. The summed E-state index contributed by atoms with van der Waals surface area (Å²) in [6.45, 7) is 26.5. The lowest BCUT2D eigenvalue weighted by molar-refractivity contribution is -0.246. The predicted molar refractivity (Wildman–Crippen MR) is 274 cm³/mol. The summed E-state index contributed by atoms with van der Waals surface area (Å²) in [4.78, 5) is 12.7. The molecule has 0 aromatic heterocycles. The quantitative estimate of drug-likeness (QED) is 0.0896. The van der Waals surface area contributed by atoms with Crippen molar-refractivity contribution >= 4 is 21.9 Å². The van der Waals surface area contributed by atoms with Gasteiger partial charge in [0, 0.05) is 12.3 Å². The average molecular weight is 971 g/mol. The molecule has 4 aromatic rings. The van der Waals surface area contributed by atoms with Crippen LogP contribution in [0.4, 0.5) is 13.2 Å². The molecule has 4 aromatic carbocycles. The number of sulfonamides is 1. The van der Waals surface area contributed by atoms with Crippen molar-refractivity contribution < 1.29 is 36.2 Å². The first-order valence-corrected chi connectivity index (χ1v) is 26.5. The number of hydrogen-bond donors (Lipinski definition) is 0. The first-order chi connectivity index (χ1) is 31.6. The zero-order chi connectivity index (χ0) is 51.6. The SMILES string of the molecule is CC(C)(C)c1ccc(Cc2ccc(C(C)(C)C)cc2)cc1.CC(C)(C)c1ccc(Cc2ccc(C(C)(C)C)cc2)cc1.CC(F)(F)C(F)COC(=O)C12CC3CC(C1)CC(C([O-])=NS(C)(=O)=O)(C3)C2. The molecular formula is C59H79F3NO5S-. The fourth-order valence-electron chi connectivity index (χ4n) is 10.4. The van der Waals surface area contributed by atoms with Crippen LogP contribution in [0.1, 0.15) is 173 Å². The molecule has 0 amide bonds. The Morgan fingerprint density at radius 3 is 1.14 bits per heavy atom. The number of hydrogen-bond acceptors (Lipinski definition) is 5. The van der Waals surface area contributed by atoms with Crippen LogP contribution in [0.5, 0.6) is 0 Å². The molecule has 0 spiro atoms. The van der Waals surface area contributed by atoms with Gasteiger partial charge in [-0.25, -0.2) is 21.6 Å². The number of benzene rings is 4. The van der Waals surface area contributed by atoms with Gasteiger partial charge in [-0.1, -0.05) is 180 Å². The van der Waals surface area contributed by atoms with E-state index in [4.69, 9.17) is 4.74 Å². The molecule has 3 unspecified atom stereocenters. The van der Waals surface area contributed by atoms with Crippen LogP contribution in [-0.2, 0) is 54.1 Å². The van der Waals surface area contributed by atoms with Gasteiger partial charge in [0.25, 0.3) is 5.92 Å². The van der Waals surface area contributed by atoms with Crippen molar-refractivity contribution in [1.82, 2.24) is 0 Å². The summed E-state index contributed by atoms with van der Waals surface area (Å²) in [6, 6.07) is 36.2. The Labute approximate surface area is 413 Å². The van der Waals surface area contributed by atoms with E-state index in [0.717, 1.165) is 25.5 Å². The van der Waals surface area contributed by atoms with Gasteiger partial charge in [0.05, 0.1) is 11.7 Å². The van der Waals surface area contributed by atoms with Crippen molar-refractivity contribution in [1.29, 1.82) is 0 Å². The third kappa shape index (κ3) is 15.3. The third-order valence-electron chi connectivity index (χ3n) is 14.2. The number of esters is 1. The summed E-state index contributed by atoms with van der Waals surface area (Å²) >= 11 is 0. The maximum Gasteiger partial charge on any atom is 0.312 e. The average Bonchev–Trinajstić information content (AvgIpc) is 3.21. The number of ether oxygens (including phenoxy) is 1. The first-order valence-electron chi connectivity index (χ1n) is 24.6. The van der Waals surface area contributed by atoms with E-state index in [-0.39, 0.29) is 39.9 Å². The molecule has 4 aliphatic carbocycles. The molecule has 6 nitrogen and oxygen atoms in total. The Hall–Kier alpha value is -4.44. The van der Waals surface area contributed by atoms with Crippen LogP contribution in [0.3, 0.4) is 0 Å². The van der Waals surface area contributed by atoms with E-state index in [0.29, 0.717) is 32.6 Å². The molecule has 0 aliphatic heterocycles. The number of carbonyl (C=O) groups is 1. The standard InChI is InChI=1S/2C21H28.C17H24F3NO5S/c2*1-20(2,3)18-11-7-16(8-12-18)15-17-9-13-19(14-10-17)21(4,5)6;1-15(19,20)12(18)8-26-14(23)17-6-10-3-11(7-17)5-16(4-10,9-17)13(22)21-27(2,24)25/h2*7-14H,15H2,1-6H3;10-12H,3-9H2,1-2H3,(H,21,22)/p-1. The van der Waals surface area contributed by atoms with E-state index >= 15 is 0 Å². The van der Waals surface area contributed by atoms with Crippen LogP contribution in [0.25, 0.3) is 0 Å². The Kier molecular flexibility index (Phi) is 16.7. The highest BCUT2D eigenvalue weighted by Gasteiger charge is 2.61. The minimum Gasteiger partial charge on any atom is -0.861 e. The molecule has 10 heteroatoms. The zero-order valence-corrected chi connectivity index (χ0v) is 44.7.